The van der Waals surface area contributed by atoms with Gasteiger partial charge in [-0.05, 0) is 63.2 Å². The Morgan fingerprint density at radius 1 is 1.65 bits per heavy atom. The molecule has 1 nitrogen and oxygen atoms in total. The van der Waals surface area contributed by atoms with Gasteiger partial charge in [0.25, 0.3) is 0 Å². The summed E-state index contributed by atoms with van der Waals surface area (Å²) < 4.78 is 26.0. The average Bonchev–Trinajstić information content (AvgIpc) is 2.29. The maximum atomic E-state index is 13.2. The van der Waals surface area contributed by atoms with Gasteiger partial charge >= 0.3 is 0 Å². The van der Waals surface area contributed by atoms with Crippen LogP contribution in [0.15, 0.2) is 23.3 Å². The molecule has 0 heterocycles. The summed E-state index contributed by atoms with van der Waals surface area (Å²) in [6, 6.07) is 0. The van der Waals surface area contributed by atoms with Gasteiger partial charge in [0, 0.05) is 0 Å². The van der Waals surface area contributed by atoms with E-state index in [2.05, 4.69) is 0 Å². The fourth-order valence-electron chi connectivity index (χ4n) is 2.17. The van der Waals surface area contributed by atoms with Crippen LogP contribution < -0.4 is 0 Å². The van der Waals surface area contributed by atoms with E-state index in [1.807, 2.05) is 13.0 Å². The van der Waals surface area contributed by atoms with Crippen molar-refractivity contribution in [1.29, 1.82) is 0 Å². The predicted molar refractivity (Wildman–Crippen MR) is 66.4 cm³/mol. The van der Waals surface area contributed by atoms with Crippen molar-refractivity contribution in [1.82, 2.24) is 0 Å². The molecule has 3 heteroatoms. The van der Waals surface area contributed by atoms with Gasteiger partial charge in [-0.3, -0.25) is 0 Å². The molecule has 1 aliphatic rings. The van der Waals surface area contributed by atoms with Gasteiger partial charge in [-0.2, -0.15) is 0 Å². The lowest BCUT2D eigenvalue weighted by Crippen LogP contribution is -2.19. The molecule has 3 atom stereocenters. The van der Waals surface area contributed by atoms with Gasteiger partial charge in [-0.25, -0.2) is 8.78 Å². The van der Waals surface area contributed by atoms with Crippen LogP contribution in [-0.4, -0.2) is 23.6 Å². The maximum absolute atomic E-state index is 13.2. The highest BCUT2D eigenvalue weighted by Crippen LogP contribution is 2.27. The van der Waals surface area contributed by atoms with Crippen LogP contribution in [0, 0.1) is 0 Å². The van der Waals surface area contributed by atoms with Crippen molar-refractivity contribution in [2.24, 2.45) is 0 Å². The third-order valence-electron chi connectivity index (χ3n) is 3.24. The second-order valence-electron chi connectivity index (χ2n) is 4.74. The molecule has 0 aromatic rings. The highest BCUT2D eigenvalue weighted by molar-refractivity contribution is 5.25. The van der Waals surface area contributed by atoms with E-state index >= 15 is 0 Å². The molecule has 0 saturated carbocycles. The maximum Gasteiger partial charge on any atom is 0.119 e. The van der Waals surface area contributed by atoms with E-state index in [4.69, 9.17) is 0 Å². The largest absolute Gasteiger partial charge is 0.384 e. The molecule has 0 spiro atoms. The van der Waals surface area contributed by atoms with Crippen molar-refractivity contribution < 1.29 is 13.9 Å². The normalized spacial score (nSPS) is 25.4. The van der Waals surface area contributed by atoms with E-state index in [0.29, 0.717) is 19.3 Å². The molecule has 1 aliphatic carbocycles. The number of rotatable bonds is 5. The first kappa shape index (κ1) is 14.4. The van der Waals surface area contributed by atoms with E-state index < -0.39 is 18.4 Å². The lowest BCUT2D eigenvalue weighted by molar-refractivity contribution is 0.224. The molecule has 0 aromatic heterocycles. The monoisotopic (exact) mass is 244 g/mol. The first-order chi connectivity index (χ1) is 8.04. The molecule has 1 N–H and O–H groups in total. The standard InChI is InChI=1S/C14H22F2O/c1-3-11(8-7-10(2)15)14(17)12-5-4-6-13(16)9-12/h3,9-10,13-14,17H,4-8H2,1-2H3/b11-3+/t10-,13?,14-/m1/s1. The number of halogens is 2. The number of hydrogen-bond donors (Lipinski definition) is 1. The van der Waals surface area contributed by atoms with E-state index in [1.54, 1.807) is 0 Å². The number of allylic oxidation sites excluding steroid dienone is 2. The Morgan fingerprint density at radius 3 is 2.88 bits per heavy atom. The van der Waals surface area contributed by atoms with Crippen LogP contribution >= 0.6 is 0 Å². The zero-order valence-electron chi connectivity index (χ0n) is 10.6. The molecular formula is C14H22F2O. The Morgan fingerprint density at radius 2 is 2.35 bits per heavy atom. The van der Waals surface area contributed by atoms with Crippen LogP contribution in [-0.2, 0) is 0 Å². The summed E-state index contributed by atoms with van der Waals surface area (Å²) in [5.41, 5.74) is 1.55. The van der Waals surface area contributed by atoms with E-state index in [0.717, 1.165) is 24.0 Å². The topological polar surface area (TPSA) is 20.2 Å². The molecule has 98 valence electrons. The lowest BCUT2D eigenvalue weighted by atomic mass is 9.89. The molecule has 0 aromatic carbocycles. The van der Waals surface area contributed by atoms with Crippen molar-refractivity contribution in [3.8, 4) is 0 Å². The summed E-state index contributed by atoms with van der Waals surface area (Å²) in [6.07, 6.45) is 3.81. The quantitative estimate of drug-likeness (QED) is 0.728. The number of hydrogen-bond acceptors (Lipinski definition) is 1. The SMILES string of the molecule is C/C=C(\CC[C@@H](C)F)[C@@H](O)C1=CC(F)CCC1. The van der Waals surface area contributed by atoms with Gasteiger partial charge in [0.15, 0.2) is 0 Å². The average molecular weight is 244 g/mol. The minimum Gasteiger partial charge on any atom is -0.384 e. The highest BCUT2D eigenvalue weighted by Gasteiger charge is 2.21. The Labute approximate surface area is 102 Å². The van der Waals surface area contributed by atoms with Gasteiger partial charge in [0.1, 0.15) is 6.17 Å². The Bertz CT molecular complexity index is 295. The van der Waals surface area contributed by atoms with Gasteiger partial charge < -0.3 is 5.11 Å². The van der Waals surface area contributed by atoms with Crippen LogP contribution in [0.5, 0.6) is 0 Å². The Balaban J connectivity index is 2.63. The molecule has 0 bridgehead atoms. The molecule has 1 unspecified atom stereocenters. The van der Waals surface area contributed by atoms with Crippen molar-refractivity contribution >= 4 is 0 Å². The first-order valence-corrected chi connectivity index (χ1v) is 6.36. The zero-order valence-corrected chi connectivity index (χ0v) is 10.6. The van der Waals surface area contributed by atoms with Crippen LogP contribution in [0.2, 0.25) is 0 Å². The summed E-state index contributed by atoms with van der Waals surface area (Å²) in [6.45, 7) is 3.34. The van der Waals surface area contributed by atoms with Crippen molar-refractivity contribution in [2.45, 2.75) is 64.4 Å². The van der Waals surface area contributed by atoms with Crippen molar-refractivity contribution in [3.63, 3.8) is 0 Å². The van der Waals surface area contributed by atoms with E-state index in [9.17, 15) is 13.9 Å². The van der Waals surface area contributed by atoms with Crippen LogP contribution in [0.4, 0.5) is 8.78 Å². The minimum atomic E-state index is -0.938. The summed E-state index contributed by atoms with van der Waals surface area (Å²) in [5.74, 6) is 0. The molecule has 0 fully saturated rings. The van der Waals surface area contributed by atoms with Crippen LogP contribution in [0.3, 0.4) is 0 Å². The zero-order chi connectivity index (χ0) is 12.8. The summed E-state index contributed by atoms with van der Waals surface area (Å²) in [7, 11) is 0. The van der Waals surface area contributed by atoms with E-state index in [1.165, 1.54) is 13.0 Å². The number of alkyl halides is 2. The first-order valence-electron chi connectivity index (χ1n) is 6.36. The summed E-state index contributed by atoms with van der Waals surface area (Å²) in [5, 5.41) is 10.1. The molecule has 0 radical (unpaired) electrons. The van der Waals surface area contributed by atoms with E-state index in [-0.39, 0.29) is 0 Å². The number of aliphatic hydroxyl groups is 1. The molecular weight excluding hydrogens is 222 g/mol. The van der Waals surface area contributed by atoms with Gasteiger partial charge in [-0.15, -0.1) is 0 Å². The molecule has 0 amide bonds. The Kier molecular flexibility index (Phi) is 5.83. The Hall–Kier alpha value is -0.700. The summed E-state index contributed by atoms with van der Waals surface area (Å²) >= 11 is 0. The molecule has 0 aliphatic heterocycles. The van der Waals surface area contributed by atoms with Crippen LogP contribution in [0.25, 0.3) is 0 Å². The van der Waals surface area contributed by atoms with Crippen LogP contribution in [0.1, 0.15) is 46.0 Å². The fraction of sp³-hybridized carbons (Fsp3) is 0.714. The predicted octanol–water partition coefficient (Wildman–Crippen LogP) is 3.88. The smallest absolute Gasteiger partial charge is 0.119 e. The van der Waals surface area contributed by atoms with Crippen molar-refractivity contribution in [3.05, 3.63) is 23.3 Å². The highest BCUT2D eigenvalue weighted by atomic mass is 19.1. The van der Waals surface area contributed by atoms with Gasteiger partial charge in [0.2, 0.25) is 0 Å². The van der Waals surface area contributed by atoms with Crippen molar-refractivity contribution in [2.75, 3.05) is 0 Å². The minimum absolute atomic E-state index is 0.406. The third-order valence-corrected chi connectivity index (χ3v) is 3.24. The van der Waals surface area contributed by atoms with Gasteiger partial charge in [-0.1, -0.05) is 6.08 Å². The molecule has 0 saturated heterocycles. The van der Waals surface area contributed by atoms with Gasteiger partial charge in [0.05, 0.1) is 12.3 Å². The third kappa shape index (κ3) is 4.58. The second-order valence-corrected chi connectivity index (χ2v) is 4.74. The fourth-order valence-corrected chi connectivity index (χ4v) is 2.17. The molecule has 1 rings (SSSR count). The summed E-state index contributed by atoms with van der Waals surface area (Å²) in [4.78, 5) is 0. The lowest BCUT2D eigenvalue weighted by Gasteiger charge is -2.23. The second kappa shape index (κ2) is 6.90. The number of aliphatic hydroxyl groups excluding tert-OH is 1. The molecule has 17 heavy (non-hydrogen) atoms.